The standard InChI is InChI=1S/C30H28ClN9O4/c1-40(2,17-20-10-12-33-30(20)39(42)43)13-5-7-28(41)38-27-15-23-25(16-34-27)35-19-36-29(23)37-21-8-9-26(24(31)14-21)44-18-22-6-3-4-11-32-22/h3-9,11-12,14-16,19H,10,13,17-18H2,1-2H3,(H-,34,35,36,37,38,41)/p+1/b7-5+. The molecule has 0 bridgehead atoms. The zero-order chi connectivity index (χ0) is 31.1. The van der Waals surface area contributed by atoms with Crippen molar-refractivity contribution in [3.8, 4) is 5.75 Å². The SMILES string of the molecule is C[N+](C)(C/C=C/C(=O)Nc1cc2c(Nc3ccc(OCc4ccccn4)c(Cl)c3)ncnc2cn1)CC1=C([N+](=O)[O-])N=CC1. The highest BCUT2D eigenvalue weighted by Gasteiger charge is 2.28. The van der Waals surface area contributed by atoms with E-state index in [2.05, 4.69) is 35.6 Å². The first-order chi connectivity index (χ1) is 21.2. The third-order valence-corrected chi connectivity index (χ3v) is 6.89. The van der Waals surface area contributed by atoms with Gasteiger partial charge < -0.3 is 30.0 Å². The van der Waals surface area contributed by atoms with E-state index in [1.165, 1.54) is 12.4 Å². The first-order valence-corrected chi connectivity index (χ1v) is 13.9. The lowest BCUT2D eigenvalue weighted by Crippen LogP contribution is -2.41. The molecule has 0 spiro atoms. The van der Waals surface area contributed by atoms with Gasteiger partial charge in [0.05, 0.1) is 48.6 Å². The smallest absolute Gasteiger partial charge is 0.368 e. The third kappa shape index (κ3) is 7.76. The molecule has 0 aliphatic carbocycles. The molecule has 4 aromatic rings. The molecule has 44 heavy (non-hydrogen) atoms. The molecule has 0 radical (unpaired) electrons. The Morgan fingerprint density at radius 3 is 2.80 bits per heavy atom. The maximum atomic E-state index is 12.7. The maximum absolute atomic E-state index is 12.7. The van der Waals surface area contributed by atoms with E-state index in [0.29, 0.717) is 68.6 Å². The molecule has 0 saturated heterocycles. The number of carbonyl (C=O) groups is 1. The van der Waals surface area contributed by atoms with Crippen LogP contribution in [0.2, 0.25) is 5.02 Å². The number of pyridine rings is 2. The van der Waals surface area contributed by atoms with Crippen LogP contribution in [0.1, 0.15) is 12.1 Å². The lowest BCUT2D eigenvalue weighted by molar-refractivity contribution is -0.880. The van der Waals surface area contributed by atoms with Crippen molar-refractivity contribution in [3.05, 3.63) is 106 Å². The topological polar surface area (TPSA) is 157 Å². The van der Waals surface area contributed by atoms with Gasteiger partial charge in [-0.15, -0.1) is 0 Å². The second-order valence-electron chi connectivity index (χ2n) is 10.6. The number of halogens is 1. The van der Waals surface area contributed by atoms with Crippen molar-refractivity contribution in [3.63, 3.8) is 0 Å². The predicted octanol–water partition coefficient (Wildman–Crippen LogP) is 4.93. The van der Waals surface area contributed by atoms with Gasteiger partial charge in [0.2, 0.25) is 5.91 Å². The van der Waals surface area contributed by atoms with Gasteiger partial charge in [-0.05, 0) is 47.4 Å². The fraction of sp³-hybridized carbons (Fsp3) is 0.200. The summed E-state index contributed by atoms with van der Waals surface area (Å²) in [6, 6.07) is 12.6. The molecule has 13 nitrogen and oxygen atoms in total. The van der Waals surface area contributed by atoms with Crippen LogP contribution in [0, 0.1) is 10.1 Å². The van der Waals surface area contributed by atoms with Crippen molar-refractivity contribution < 1.29 is 18.9 Å². The van der Waals surface area contributed by atoms with Crippen LogP contribution < -0.4 is 15.4 Å². The van der Waals surface area contributed by atoms with Gasteiger partial charge in [-0.2, -0.15) is 0 Å². The number of ether oxygens (including phenoxy) is 1. The Bertz CT molecular complexity index is 1790. The van der Waals surface area contributed by atoms with Gasteiger partial charge in [-0.3, -0.25) is 9.78 Å². The Labute approximate surface area is 257 Å². The highest BCUT2D eigenvalue weighted by atomic mass is 35.5. The van der Waals surface area contributed by atoms with E-state index in [0.717, 1.165) is 5.69 Å². The molecule has 0 unspecified atom stereocenters. The molecule has 0 saturated carbocycles. The third-order valence-electron chi connectivity index (χ3n) is 6.60. The number of carbonyl (C=O) groups excluding carboxylic acids is 1. The van der Waals surface area contributed by atoms with Crippen molar-refractivity contribution in [2.45, 2.75) is 13.0 Å². The number of aliphatic imine (C=N–C) groups is 1. The number of nitrogens with one attached hydrogen (secondary N) is 2. The molecule has 0 fully saturated rings. The van der Waals surface area contributed by atoms with E-state index in [1.807, 2.05) is 38.4 Å². The zero-order valence-electron chi connectivity index (χ0n) is 24.0. The lowest BCUT2D eigenvalue weighted by atomic mass is 10.2. The monoisotopic (exact) mass is 614 g/mol. The summed E-state index contributed by atoms with van der Waals surface area (Å²) in [6.07, 6.45) is 9.81. The number of hydrogen-bond donors (Lipinski definition) is 2. The van der Waals surface area contributed by atoms with Gasteiger partial charge in [-0.25, -0.2) is 15.0 Å². The first-order valence-electron chi connectivity index (χ1n) is 13.6. The van der Waals surface area contributed by atoms with Crippen molar-refractivity contribution >= 4 is 51.9 Å². The van der Waals surface area contributed by atoms with E-state index in [-0.39, 0.29) is 18.3 Å². The number of aromatic nitrogens is 4. The van der Waals surface area contributed by atoms with Gasteiger partial charge in [0, 0.05) is 29.8 Å². The molecule has 1 aliphatic heterocycles. The molecule has 4 heterocycles. The summed E-state index contributed by atoms with van der Waals surface area (Å²) < 4.78 is 6.22. The molecule has 1 aliphatic rings. The highest BCUT2D eigenvalue weighted by Crippen LogP contribution is 2.31. The maximum Gasteiger partial charge on any atom is 0.368 e. The van der Waals surface area contributed by atoms with Crippen molar-refractivity contribution in [2.24, 2.45) is 4.99 Å². The van der Waals surface area contributed by atoms with Crippen LogP contribution in [0.5, 0.6) is 5.75 Å². The molecule has 2 N–H and O–H groups in total. The minimum Gasteiger partial charge on any atom is -0.486 e. The van der Waals surface area contributed by atoms with Crippen LogP contribution in [0.15, 0.2) is 89.7 Å². The first kappa shape index (κ1) is 30.2. The summed E-state index contributed by atoms with van der Waals surface area (Å²) in [5, 5.41) is 18.3. The molecule has 1 amide bonds. The second-order valence-corrected chi connectivity index (χ2v) is 11.0. The number of likely N-dealkylation sites (N-methyl/N-ethyl adjacent to an activating group) is 1. The van der Waals surface area contributed by atoms with E-state index in [9.17, 15) is 14.9 Å². The lowest BCUT2D eigenvalue weighted by Gasteiger charge is -2.28. The van der Waals surface area contributed by atoms with E-state index in [4.69, 9.17) is 16.3 Å². The van der Waals surface area contributed by atoms with E-state index >= 15 is 0 Å². The minimum atomic E-state index is -0.462. The Hall–Kier alpha value is -5.27. The molecule has 14 heteroatoms. The summed E-state index contributed by atoms with van der Waals surface area (Å²) >= 11 is 6.48. The van der Waals surface area contributed by atoms with Gasteiger partial charge in [0.25, 0.3) is 0 Å². The fourth-order valence-electron chi connectivity index (χ4n) is 4.53. The molecular formula is C30H29ClN9O4+. The number of benzene rings is 1. The van der Waals surface area contributed by atoms with Crippen LogP contribution in [-0.4, -0.2) is 68.6 Å². The number of hydrogen-bond acceptors (Lipinski definition) is 10. The molecule has 0 atom stereocenters. The van der Waals surface area contributed by atoms with E-state index < -0.39 is 4.92 Å². The number of nitro groups is 1. The molecule has 1 aromatic carbocycles. The van der Waals surface area contributed by atoms with E-state index in [1.54, 1.807) is 42.9 Å². The normalized spacial score (nSPS) is 13.1. The Kier molecular flexibility index (Phi) is 9.17. The molecular weight excluding hydrogens is 586 g/mol. The van der Waals surface area contributed by atoms with Crippen molar-refractivity contribution in [1.82, 2.24) is 19.9 Å². The summed E-state index contributed by atoms with van der Waals surface area (Å²) in [4.78, 5) is 44.4. The van der Waals surface area contributed by atoms with Crippen LogP contribution in [0.3, 0.4) is 0 Å². The fourth-order valence-corrected chi connectivity index (χ4v) is 4.76. The van der Waals surface area contributed by atoms with Crippen molar-refractivity contribution in [2.75, 3.05) is 37.8 Å². The van der Waals surface area contributed by atoms with Crippen molar-refractivity contribution in [1.29, 1.82) is 0 Å². The van der Waals surface area contributed by atoms with Crippen LogP contribution in [-0.2, 0) is 11.4 Å². The zero-order valence-corrected chi connectivity index (χ0v) is 24.7. The average Bonchev–Trinajstić information content (AvgIpc) is 3.45. The van der Waals surface area contributed by atoms with Gasteiger partial charge >= 0.3 is 5.82 Å². The Morgan fingerprint density at radius 2 is 2.02 bits per heavy atom. The van der Waals surface area contributed by atoms with Gasteiger partial charge in [0.1, 0.15) is 43.1 Å². The Morgan fingerprint density at radius 1 is 1.16 bits per heavy atom. The summed E-state index contributed by atoms with van der Waals surface area (Å²) in [7, 11) is 3.86. The average molecular weight is 615 g/mol. The number of nitrogens with zero attached hydrogens (tertiary/aromatic N) is 7. The summed E-state index contributed by atoms with van der Waals surface area (Å²) in [5.41, 5.74) is 2.71. The molecule has 224 valence electrons. The Balaban J connectivity index is 1.22. The number of quaternary nitrogens is 1. The molecule has 5 rings (SSSR count). The predicted molar refractivity (Wildman–Crippen MR) is 167 cm³/mol. The van der Waals surface area contributed by atoms with Gasteiger partial charge in [0.15, 0.2) is 0 Å². The van der Waals surface area contributed by atoms with Crippen LogP contribution in [0.25, 0.3) is 10.9 Å². The number of fused-ring (bicyclic) bond motifs is 1. The summed E-state index contributed by atoms with van der Waals surface area (Å²) in [5.74, 6) is 0.874. The van der Waals surface area contributed by atoms with Crippen LogP contribution in [0.4, 0.5) is 17.3 Å². The highest BCUT2D eigenvalue weighted by molar-refractivity contribution is 6.32. The number of amides is 1. The minimum absolute atomic E-state index is 0.0936. The second kappa shape index (κ2) is 13.4. The molecule has 3 aromatic heterocycles. The summed E-state index contributed by atoms with van der Waals surface area (Å²) in [6.45, 7) is 1.21. The van der Waals surface area contributed by atoms with Crippen LogP contribution >= 0.6 is 11.6 Å². The quantitative estimate of drug-likeness (QED) is 0.0977. The number of anilines is 3. The largest absolute Gasteiger partial charge is 0.486 e. The van der Waals surface area contributed by atoms with Gasteiger partial charge in [-0.1, -0.05) is 22.7 Å². The number of rotatable bonds is 12.